The number of aliphatic carboxylic acids is 2. The molecule has 2 aromatic rings. The van der Waals surface area contributed by atoms with Gasteiger partial charge >= 0.3 is 35.8 Å². The molecule has 8 nitrogen and oxygen atoms in total. The smallest absolute Gasteiger partial charge is 0.545 e. The first-order chi connectivity index (χ1) is 21.2. The summed E-state index contributed by atoms with van der Waals surface area (Å²) in [5.41, 5.74) is 1.68. The zero-order valence-corrected chi connectivity index (χ0v) is 29.6. The number of unbranched alkanes of at least 4 members (excludes halogenated alkanes) is 8. The second-order valence-corrected chi connectivity index (χ2v) is 9.32. The number of hydrogen-bond donors (Lipinski definition) is 0. The van der Waals surface area contributed by atoms with Crippen LogP contribution in [-0.2, 0) is 41.9 Å². The molecular weight excluding hydrogens is 679 g/mol. The number of rotatable bonds is 16. The molecule has 0 fully saturated rings. The maximum atomic E-state index is 10.9. The Bertz CT molecular complexity index is 960. The molecule has 0 amide bonds. The van der Waals surface area contributed by atoms with Crippen LogP contribution in [0.25, 0.3) is 0 Å². The van der Waals surface area contributed by atoms with E-state index < -0.39 is 23.9 Å². The third-order valence-electron chi connectivity index (χ3n) is 5.37. The van der Waals surface area contributed by atoms with Crippen LogP contribution in [0.3, 0.4) is 0 Å². The van der Waals surface area contributed by atoms with Gasteiger partial charge in [-0.25, -0.2) is 9.59 Å². The van der Waals surface area contributed by atoms with Gasteiger partial charge in [-0.1, -0.05) is 153 Å². The van der Waals surface area contributed by atoms with Gasteiger partial charge in [-0.3, -0.25) is 0 Å². The average molecular weight is 727 g/mol. The van der Waals surface area contributed by atoms with Gasteiger partial charge in [0.1, 0.15) is 13.2 Å². The Hall–Kier alpha value is -3.40. The molecule has 0 aliphatic heterocycles. The fourth-order valence-electron chi connectivity index (χ4n) is 3.03. The molecule has 0 aromatic heterocycles. The number of carboxylic acids is 2. The molecule has 0 unspecified atom stereocenters. The van der Waals surface area contributed by atoms with E-state index in [9.17, 15) is 29.4 Å². The molecule has 0 saturated heterocycles. The Balaban J connectivity index is -0.000000553. The van der Waals surface area contributed by atoms with Crippen molar-refractivity contribution in [2.75, 3.05) is 0 Å². The van der Waals surface area contributed by atoms with Crippen LogP contribution in [-0.4, -0.2) is 47.8 Å². The molecule has 9 heteroatoms. The summed E-state index contributed by atoms with van der Waals surface area (Å²) in [5.74, 6) is -4.26. The van der Waals surface area contributed by atoms with Crippen molar-refractivity contribution in [3.63, 3.8) is 0 Å². The average Bonchev–Trinajstić information content (AvgIpc) is 3.03. The fourth-order valence-corrected chi connectivity index (χ4v) is 3.03. The van der Waals surface area contributed by atoms with Gasteiger partial charge in [-0.2, -0.15) is 0 Å². The van der Waals surface area contributed by atoms with Crippen LogP contribution in [0.5, 0.6) is 0 Å². The molecule has 0 heterocycles. The first kappa shape index (κ1) is 46.0. The van der Waals surface area contributed by atoms with Crippen LogP contribution in [0.4, 0.5) is 0 Å². The SMILES string of the molecule is O=C([O-])/C=C\C(=O)OCc1ccccc1.O=C([O-])/C=C\C(=O)OCc1ccccc1.[CH2]CCCCCC.[CH2]CCCCCC.[Sn+2]. The van der Waals surface area contributed by atoms with Gasteiger partial charge in [-0.05, 0) is 23.3 Å². The second-order valence-electron chi connectivity index (χ2n) is 9.32. The molecule has 45 heavy (non-hydrogen) atoms. The molecule has 2 aromatic carbocycles. The topological polar surface area (TPSA) is 133 Å². The van der Waals surface area contributed by atoms with Gasteiger partial charge in [0.05, 0.1) is 11.9 Å². The minimum absolute atomic E-state index is 0. The van der Waals surface area contributed by atoms with Crippen LogP contribution in [0, 0.1) is 13.8 Å². The van der Waals surface area contributed by atoms with Crippen molar-refractivity contribution in [2.45, 2.75) is 91.3 Å². The second kappa shape index (κ2) is 35.1. The summed E-state index contributed by atoms with van der Waals surface area (Å²) in [6.45, 7) is 12.2. The molecule has 244 valence electrons. The number of carbonyl (C=O) groups excluding carboxylic acids is 4. The van der Waals surface area contributed by atoms with Crippen molar-refractivity contribution >= 4 is 47.8 Å². The first-order valence-electron chi connectivity index (χ1n) is 15.0. The number of carbonyl (C=O) groups is 4. The van der Waals surface area contributed by atoms with Crippen LogP contribution in [0.1, 0.15) is 89.2 Å². The minimum atomic E-state index is -1.42. The van der Waals surface area contributed by atoms with Crippen molar-refractivity contribution < 1.29 is 38.9 Å². The molecule has 0 saturated carbocycles. The fraction of sp³-hybridized carbons (Fsp3) is 0.389. The van der Waals surface area contributed by atoms with E-state index in [-0.39, 0.29) is 37.1 Å². The number of esters is 2. The molecular formula is C36H48O8Sn. The summed E-state index contributed by atoms with van der Waals surface area (Å²) < 4.78 is 9.52. The molecule has 2 rings (SSSR count). The molecule has 4 radical (unpaired) electrons. The zero-order valence-electron chi connectivity index (χ0n) is 26.7. The van der Waals surface area contributed by atoms with E-state index in [4.69, 9.17) is 9.47 Å². The molecule has 0 spiro atoms. The van der Waals surface area contributed by atoms with Gasteiger partial charge < -0.3 is 29.3 Å². The van der Waals surface area contributed by atoms with Crippen molar-refractivity contribution in [2.24, 2.45) is 0 Å². The zero-order chi connectivity index (χ0) is 33.3. The van der Waals surface area contributed by atoms with E-state index in [1.165, 1.54) is 51.4 Å². The van der Waals surface area contributed by atoms with E-state index in [1.807, 2.05) is 36.4 Å². The summed E-state index contributed by atoms with van der Waals surface area (Å²) in [4.78, 5) is 41.8. The van der Waals surface area contributed by atoms with Crippen LogP contribution < -0.4 is 10.2 Å². The van der Waals surface area contributed by atoms with Gasteiger partial charge in [0, 0.05) is 12.2 Å². The van der Waals surface area contributed by atoms with Crippen molar-refractivity contribution in [1.82, 2.24) is 0 Å². The number of ether oxygens (including phenoxy) is 2. The molecule has 0 atom stereocenters. The summed E-state index contributed by atoms with van der Waals surface area (Å²) >= 11 is 0. The normalized spacial score (nSPS) is 9.69. The predicted octanol–water partition coefficient (Wildman–Crippen LogP) is 5.27. The summed E-state index contributed by atoms with van der Waals surface area (Å²) in [5, 5.41) is 19.9. The Morgan fingerprint density at radius 1 is 0.578 bits per heavy atom. The van der Waals surface area contributed by atoms with Crippen molar-refractivity contribution in [3.8, 4) is 0 Å². The summed E-state index contributed by atoms with van der Waals surface area (Å²) in [7, 11) is 0. The van der Waals surface area contributed by atoms with Crippen LogP contribution >= 0.6 is 0 Å². The van der Waals surface area contributed by atoms with E-state index in [0.717, 1.165) is 36.1 Å². The van der Waals surface area contributed by atoms with Crippen LogP contribution in [0.2, 0.25) is 0 Å². The third kappa shape index (κ3) is 36.7. The number of hydrogen-bond acceptors (Lipinski definition) is 8. The maximum absolute atomic E-state index is 10.9. The number of carboxylic acid groups (broad SMARTS) is 2. The number of benzene rings is 2. The summed E-state index contributed by atoms with van der Waals surface area (Å²) in [6.07, 6.45) is 15.9. The Labute approximate surface area is 286 Å². The van der Waals surface area contributed by atoms with E-state index in [1.54, 1.807) is 24.3 Å². The third-order valence-corrected chi connectivity index (χ3v) is 5.37. The Kier molecular flexibility index (Phi) is 35.9. The van der Waals surface area contributed by atoms with Crippen LogP contribution in [0.15, 0.2) is 85.0 Å². The van der Waals surface area contributed by atoms with E-state index in [0.29, 0.717) is 12.2 Å². The maximum Gasteiger partial charge on any atom is 2.00 e. The van der Waals surface area contributed by atoms with Gasteiger partial charge in [0.15, 0.2) is 0 Å². The van der Waals surface area contributed by atoms with Gasteiger partial charge in [0.2, 0.25) is 0 Å². The van der Waals surface area contributed by atoms with Crippen molar-refractivity contribution in [3.05, 3.63) is 110 Å². The molecule has 0 aliphatic rings. The Morgan fingerprint density at radius 3 is 1.18 bits per heavy atom. The predicted molar refractivity (Wildman–Crippen MR) is 175 cm³/mol. The largest absolute Gasteiger partial charge is 2.00 e. The molecule has 0 aliphatic carbocycles. The monoisotopic (exact) mass is 728 g/mol. The van der Waals surface area contributed by atoms with E-state index in [2.05, 4.69) is 27.7 Å². The minimum Gasteiger partial charge on any atom is -0.545 e. The standard InChI is InChI=1S/2C11H10O4.2C7H15.Sn/c2*12-10(13)6-7-11(14)15-8-9-4-2-1-3-5-9;2*1-3-5-7-6-4-2;/h2*1-7H,8H2,(H,12,13);2*1,3-7H2,2H3;/q;;;;+2/p-2/b2*7-6-;;;. The van der Waals surface area contributed by atoms with E-state index >= 15 is 0 Å². The summed E-state index contributed by atoms with van der Waals surface area (Å²) in [6, 6.07) is 18.2. The Morgan fingerprint density at radius 2 is 0.911 bits per heavy atom. The molecule has 0 bridgehead atoms. The first-order valence-corrected chi connectivity index (χ1v) is 15.0. The van der Waals surface area contributed by atoms with Gasteiger partial charge in [-0.15, -0.1) is 0 Å². The van der Waals surface area contributed by atoms with Crippen molar-refractivity contribution in [1.29, 1.82) is 0 Å². The van der Waals surface area contributed by atoms with Gasteiger partial charge in [0.25, 0.3) is 0 Å². The molecule has 0 N–H and O–H groups in total. The quantitative estimate of drug-likeness (QED) is 0.0989.